The lowest BCUT2D eigenvalue weighted by Crippen LogP contribution is -2.37. The Bertz CT molecular complexity index is 1040. The highest BCUT2D eigenvalue weighted by Crippen LogP contribution is 2.22. The van der Waals surface area contributed by atoms with E-state index in [-0.39, 0.29) is 11.8 Å². The summed E-state index contributed by atoms with van der Waals surface area (Å²) in [5.74, 6) is -0.0542. The Balaban J connectivity index is 1.35. The van der Waals surface area contributed by atoms with Gasteiger partial charge in [0.05, 0.1) is 16.9 Å². The summed E-state index contributed by atoms with van der Waals surface area (Å²) in [6.07, 6.45) is 7.85. The van der Waals surface area contributed by atoms with E-state index in [4.69, 9.17) is 16.1 Å². The standard InChI is InChI=1S/C23H29ClN6O2/c1-16(29-13-5-3-4-6-14-29)11-12-25-22(31)23-26-21(28-32-23)20-15-30(27-17(20)2)19-9-7-18(24)8-10-19/h7-10,15-16H,3-6,11-14H2,1-2H3,(H,25,31). The number of hydrogen-bond acceptors (Lipinski definition) is 6. The number of halogens is 1. The molecule has 0 radical (unpaired) electrons. The fourth-order valence-electron chi connectivity index (χ4n) is 4.02. The molecule has 2 aromatic heterocycles. The molecule has 170 valence electrons. The van der Waals surface area contributed by atoms with Gasteiger partial charge in [-0.1, -0.05) is 29.6 Å². The Morgan fingerprint density at radius 2 is 1.91 bits per heavy atom. The van der Waals surface area contributed by atoms with Gasteiger partial charge < -0.3 is 14.7 Å². The molecule has 3 aromatic rings. The molecule has 1 fully saturated rings. The minimum Gasteiger partial charge on any atom is -0.348 e. The largest absolute Gasteiger partial charge is 0.348 e. The zero-order valence-corrected chi connectivity index (χ0v) is 19.3. The predicted octanol–water partition coefficient (Wildman–Crippen LogP) is 4.27. The van der Waals surface area contributed by atoms with Crippen LogP contribution < -0.4 is 5.32 Å². The minimum atomic E-state index is -0.352. The van der Waals surface area contributed by atoms with Gasteiger partial charge in [0.15, 0.2) is 0 Å². The molecular formula is C23H29ClN6O2. The first-order valence-electron chi connectivity index (χ1n) is 11.2. The summed E-state index contributed by atoms with van der Waals surface area (Å²) in [5.41, 5.74) is 2.31. The van der Waals surface area contributed by atoms with E-state index in [0.717, 1.165) is 30.9 Å². The number of benzene rings is 1. The molecule has 1 saturated heterocycles. The van der Waals surface area contributed by atoms with Gasteiger partial charge in [-0.05, 0) is 70.5 Å². The van der Waals surface area contributed by atoms with Crippen LogP contribution in [-0.4, -0.2) is 56.4 Å². The third-order valence-corrected chi connectivity index (χ3v) is 6.21. The highest BCUT2D eigenvalue weighted by Gasteiger charge is 2.20. The molecule has 8 nitrogen and oxygen atoms in total. The van der Waals surface area contributed by atoms with Crippen molar-refractivity contribution < 1.29 is 9.32 Å². The summed E-state index contributed by atoms with van der Waals surface area (Å²) in [6, 6.07) is 7.80. The average molecular weight is 457 g/mol. The maximum Gasteiger partial charge on any atom is 0.316 e. The quantitative estimate of drug-likeness (QED) is 0.571. The third kappa shape index (κ3) is 5.37. The molecule has 0 spiro atoms. The Hall–Kier alpha value is -2.71. The molecule has 0 saturated carbocycles. The van der Waals surface area contributed by atoms with E-state index < -0.39 is 0 Å². The summed E-state index contributed by atoms with van der Waals surface area (Å²) in [7, 11) is 0. The number of carbonyl (C=O) groups excluding carboxylic acids is 1. The van der Waals surface area contributed by atoms with Gasteiger partial charge in [-0.2, -0.15) is 10.1 Å². The van der Waals surface area contributed by atoms with Crippen molar-refractivity contribution in [1.29, 1.82) is 0 Å². The van der Waals surface area contributed by atoms with E-state index in [1.807, 2.05) is 25.3 Å². The lowest BCUT2D eigenvalue weighted by molar-refractivity contribution is 0.0904. The maximum atomic E-state index is 12.5. The number of hydrogen-bond donors (Lipinski definition) is 1. The number of aromatic nitrogens is 4. The average Bonchev–Trinajstić information content (AvgIpc) is 3.32. The second-order valence-electron chi connectivity index (χ2n) is 8.32. The second kappa shape index (κ2) is 10.3. The van der Waals surface area contributed by atoms with Crippen LogP contribution in [0.4, 0.5) is 0 Å². The van der Waals surface area contributed by atoms with Crippen LogP contribution in [-0.2, 0) is 0 Å². The number of carbonyl (C=O) groups is 1. The predicted molar refractivity (Wildman–Crippen MR) is 123 cm³/mol. The van der Waals surface area contributed by atoms with Crippen LogP contribution in [0.1, 0.15) is 55.4 Å². The highest BCUT2D eigenvalue weighted by molar-refractivity contribution is 6.30. The number of amides is 1. The van der Waals surface area contributed by atoms with Crippen LogP contribution in [0.2, 0.25) is 5.02 Å². The zero-order valence-electron chi connectivity index (χ0n) is 18.6. The first kappa shape index (κ1) is 22.5. The zero-order chi connectivity index (χ0) is 22.5. The molecule has 0 aliphatic carbocycles. The maximum absolute atomic E-state index is 12.5. The fraction of sp³-hybridized carbons (Fsp3) is 0.478. The Labute approximate surface area is 192 Å². The van der Waals surface area contributed by atoms with Crippen molar-refractivity contribution >= 4 is 17.5 Å². The molecule has 32 heavy (non-hydrogen) atoms. The smallest absolute Gasteiger partial charge is 0.316 e. The monoisotopic (exact) mass is 456 g/mol. The van der Waals surface area contributed by atoms with E-state index in [2.05, 4.69) is 32.4 Å². The summed E-state index contributed by atoms with van der Waals surface area (Å²) in [5, 5.41) is 12.1. The molecular weight excluding hydrogens is 428 g/mol. The summed E-state index contributed by atoms with van der Waals surface area (Å²) < 4.78 is 6.94. The van der Waals surface area contributed by atoms with Crippen LogP contribution >= 0.6 is 11.6 Å². The van der Waals surface area contributed by atoms with Gasteiger partial charge in [0.2, 0.25) is 5.82 Å². The van der Waals surface area contributed by atoms with Crippen molar-refractivity contribution in [2.24, 2.45) is 0 Å². The molecule has 3 heterocycles. The van der Waals surface area contributed by atoms with Crippen LogP contribution in [0.5, 0.6) is 0 Å². The van der Waals surface area contributed by atoms with Gasteiger partial charge in [-0.15, -0.1) is 0 Å². The fourth-order valence-corrected chi connectivity index (χ4v) is 4.15. The van der Waals surface area contributed by atoms with Gasteiger partial charge >= 0.3 is 11.8 Å². The molecule has 1 atom stereocenters. The van der Waals surface area contributed by atoms with E-state index >= 15 is 0 Å². The van der Waals surface area contributed by atoms with Crippen molar-refractivity contribution in [1.82, 2.24) is 30.1 Å². The lowest BCUT2D eigenvalue weighted by atomic mass is 10.2. The molecule has 1 aromatic carbocycles. The Morgan fingerprint density at radius 1 is 1.19 bits per heavy atom. The van der Waals surface area contributed by atoms with E-state index in [9.17, 15) is 4.79 Å². The van der Waals surface area contributed by atoms with Gasteiger partial charge in [0.1, 0.15) is 0 Å². The molecule has 1 unspecified atom stereocenters. The number of likely N-dealkylation sites (tertiary alicyclic amines) is 1. The van der Waals surface area contributed by atoms with E-state index in [0.29, 0.717) is 29.0 Å². The molecule has 1 N–H and O–H groups in total. The second-order valence-corrected chi connectivity index (χ2v) is 8.75. The SMILES string of the molecule is Cc1nn(-c2ccc(Cl)cc2)cc1-c1noc(C(=O)NCCC(C)N2CCCCCC2)n1. The Morgan fingerprint density at radius 3 is 2.62 bits per heavy atom. The topological polar surface area (TPSA) is 89.1 Å². The van der Waals surface area contributed by atoms with Crippen LogP contribution in [0, 0.1) is 6.92 Å². The van der Waals surface area contributed by atoms with Crippen LogP contribution in [0.15, 0.2) is 35.0 Å². The molecule has 1 aliphatic heterocycles. The van der Waals surface area contributed by atoms with Gasteiger partial charge in [-0.3, -0.25) is 4.79 Å². The molecule has 1 amide bonds. The molecule has 4 rings (SSSR count). The summed E-state index contributed by atoms with van der Waals surface area (Å²) in [4.78, 5) is 19.3. The van der Waals surface area contributed by atoms with Crippen molar-refractivity contribution in [3.63, 3.8) is 0 Å². The Kier molecular flexibility index (Phi) is 7.22. The first-order chi connectivity index (χ1) is 15.5. The number of nitrogens with zero attached hydrogens (tertiary/aromatic N) is 5. The number of nitrogens with one attached hydrogen (secondary N) is 1. The van der Waals surface area contributed by atoms with E-state index in [1.54, 1.807) is 16.8 Å². The molecule has 9 heteroatoms. The summed E-state index contributed by atoms with van der Waals surface area (Å²) >= 11 is 5.96. The van der Waals surface area contributed by atoms with Crippen molar-refractivity contribution in [3.8, 4) is 17.1 Å². The van der Waals surface area contributed by atoms with E-state index in [1.165, 1.54) is 25.7 Å². The molecule has 0 bridgehead atoms. The highest BCUT2D eigenvalue weighted by atomic mass is 35.5. The van der Waals surface area contributed by atoms with Crippen molar-refractivity contribution in [2.45, 2.75) is 52.0 Å². The van der Waals surface area contributed by atoms with Crippen molar-refractivity contribution in [2.75, 3.05) is 19.6 Å². The van der Waals surface area contributed by atoms with Crippen LogP contribution in [0.25, 0.3) is 17.1 Å². The van der Waals surface area contributed by atoms with Gasteiger partial charge in [0.25, 0.3) is 0 Å². The number of aryl methyl sites for hydroxylation is 1. The summed E-state index contributed by atoms with van der Waals surface area (Å²) in [6.45, 7) is 6.95. The minimum absolute atomic E-state index is 0.0407. The third-order valence-electron chi connectivity index (χ3n) is 5.96. The van der Waals surface area contributed by atoms with Crippen LogP contribution in [0.3, 0.4) is 0 Å². The molecule has 1 aliphatic rings. The van der Waals surface area contributed by atoms with Gasteiger partial charge in [-0.25, -0.2) is 4.68 Å². The van der Waals surface area contributed by atoms with Crippen molar-refractivity contribution in [3.05, 3.63) is 47.1 Å². The first-order valence-corrected chi connectivity index (χ1v) is 11.6. The van der Waals surface area contributed by atoms with Gasteiger partial charge in [0, 0.05) is 23.8 Å². The normalized spacial score (nSPS) is 16.0. The number of rotatable bonds is 7. The lowest BCUT2D eigenvalue weighted by Gasteiger charge is -2.27.